The third-order valence-corrected chi connectivity index (χ3v) is 3.95. The van der Waals surface area contributed by atoms with Crippen molar-refractivity contribution in [2.24, 2.45) is 0 Å². The maximum atomic E-state index is 12.4. The van der Waals surface area contributed by atoms with Crippen LogP contribution in [0.2, 0.25) is 0 Å². The van der Waals surface area contributed by atoms with E-state index in [9.17, 15) is 4.79 Å². The molecule has 0 atom stereocenters. The fourth-order valence-electron chi connectivity index (χ4n) is 2.52. The summed E-state index contributed by atoms with van der Waals surface area (Å²) in [5.41, 5.74) is 3.45. The maximum Gasteiger partial charge on any atom is 0.257 e. The molecule has 0 aliphatic rings. The van der Waals surface area contributed by atoms with Crippen LogP contribution in [0.25, 0.3) is 11.5 Å². The number of benzene rings is 2. The number of anilines is 1. The number of nitrogens with zero attached hydrogens (tertiary/aromatic N) is 2. The quantitative estimate of drug-likeness (QED) is 0.712. The molecule has 0 aliphatic heterocycles. The van der Waals surface area contributed by atoms with E-state index in [4.69, 9.17) is 4.52 Å². The maximum absolute atomic E-state index is 12.4. The molecule has 1 amide bonds. The van der Waals surface area contributed by atoms with Crippen molar-refractivity contribution in [1.82, 2.24) is 10.1 Å². The number of amides is 1. The normalized spacial score (nSPS) is 10.6. The van der Waals surface area contributed by atoms with Gasteiger partial charge in [-0.1, -0.05) is 30.6 Å². The van der Waals surface area contributed by atoms with Gasteiger partial charge in [-0.15, -0.1) is 0 Å². The van der Waals surface area contributed by atoms with E-state index >= 15 is 0 Å². The van der Waals surface area contributed by atoms with Crippen LogP contribution in [0.3, 0.4) is 0 Å². The van der Waals surface area contributed by atoms with Gasteiger partial charge in [-0.05, 0) is 61.7 Å². The minimum absolute atomic E-state index is 0.144. The van der Waals surface area contributed by atoms with Crippen molar-refractivity contribution in [3.8, 4) is 11.5 Å². The van der Waals surface area contributed by atoms with Crippen LogP contribution in [0.15, 0.2) is 53.1 Å². The predicted molar refractivity (Wildman–Crippen MR) is 97.5 cm³/mol. The largest absolute Gasteiger partial charge is 0.334 e. The van der Waals surface area contributed by atoms with E-state index in [1.165, 1.54) is 18.4 Å². The lowest BCUT2D eigenvalue weighted by molar-refractivity contribution is 0.102. The lowest BCUT2D eigenvalue weighted by Gasteiger charge is -2.07. The number of carbonyl (C=O) groups is 1. The smallest absolute Gasteiger partial charge is 0.257 e. The average Bonchev–Trinajstić information content (AvgIpc) is 3.07. The van der Waals surface area contributed by atoms with Crippen LogP contribution in [0, 0.1) is 6.92 Å². The van der Waals surface area contributed by atoms with Gasteiger partial charge in [-0.3, -0.25) is 4.79 Å². The second-order valence-corrected chi connectivity index (χ2v) is 5.98. The van der Waals surface area contributed by atoms with Gasteiger partial charge in [0.1, 0.15) is 0 Å². The number of aromatic nitrogens is 2. The number of aryl methyl sites for hydroxylation is 2. The molecule has 0 radical (unpaired) electrons. The van der Waals surface area contributed by atoms with Gasteiger partial charge in [0.15, 0.2) is 5.82 Å². The first-order chi connectivity index (χ1) is 12.2. The molecule has 2 aromatic carbocycles. The predicted octanol–water partition coefficient (Wildman–Crippen LogP) is 4.64. The second-order valence-electron chi connectivity index (χ2n) is 5.98. The van der Waals surface area contributed by atoms with E-state index in [1.54, 1.807) is 31.2 Å². The summed E-state index contributed by atoms with van der Waals surface area (Å²) in [6.07, 6.45) is 3.43. The van der Waals surface area contributed by atoms with Gasteiger partial charge in [0.2, 0.25) is 0 Å². The molecule has 1 heterocycles. The van der Waals surface area contributed by atoms with Gasteiger partial charge in [-0.2, -0.15) is 4.98 Å². The minimum atomic E-state index is -0.144. The highest BCUT2D eigenvalue weighted by Crippen LogP contribution is 2.18. The Morgan fingerprint density at radius 3 is 2.40 bits per heavy atom. The second kappa shape index (κ2) is 7.75. The SMILES string of the molecule is CCCCc1ccc(NC(=O)c2ccc(-c3nc(C)no3)cc2)cc1. The van der Waals surface area contributed by atoms with Crippen molar-refractivity contribution in [3.63, 3.8) is 0 Å². The van der Waals surface area contributed by atoms with Crippen molar-refractivity contribution in [3.05, 3.63) is 65.5 Å². The number of unbranched alkanes of at least 4 members (excludes halogenated alkanes) is 1. The molecular formula is C20H21N3O2. The summed E-state index contributed by atoms with van der Waals surface area (Å²) in [5, 5.41) is 6.68. The van der Waals surface area contributed by atoms with Crippen molar-refractivity contribution in [2.45, 2.75) is 33.1 Å². The lowest BCUT2D eigenvalue weighted by Crippen LogP contribution is -2.11. The minimum Gasteiger partial charge on any atom is -0.334 e. The monoisotopic (exact) mass is 335 g/mol. The summed E-state index contributed by atoms with van der Waals surface area (Å²) in [6.45, 7) is 3.95. The highest BCUT2D eigenvalue weighted by molar-refractivity contribution is 6.04. The lowest BCUT2D eigenvalue weighted by atomic mass is 10.1. The topological polar surface area (TPSA) is 68.0 Å². The van der Waals surface area contributed by atoms with E-state index in [1.807, 2.05) is 12.1 Å². The molecule has 0 saturated heterocycles. The molecular weight excluding hydrogens is 314 g/mol. The Bertz CT molecular complexity index is 836. The zero-order valence-electron chi connectivity index (χ0n) is 14.5. The van der Waals surface area contributed by atoms with E-state index < -0.39 is 0 Å². The zero-order valence-corrected chi connectivity index (χ0v) is 14.5. The van der Waals surface area contributed by atoms with Crippen LogP contribution >= 0.6 is 0 Å². The molecule has 0 spiro atoms. The van der Waals surface area contributed by atoms with Crippen LogP contribution in [-0.4, -0.2) is 16.0 Å². The molecule has 0 unspecified atom stereocenters. The fraction of sp³-hybridized carbons (Fsp3) is 0.250. The summed E-state index contributed by atoms with van der Waals surface area (Å²) in [5.74, 6) is 0.890. The number of rotatable bonds is 6. The van der Waals surface area contributed by atoms with E-state index in [0.717, 1.165) is 17.7 Å². The van der Waals surface area contributed by atoms with Gasteiger partial charge in [0.25, 0.3) is 11.8 Å². The molecule has 5 nitrogen and oxygen atoms in total. The van der Waals surface area contributed by atoms with Crippen LogP contribution in [0.4, 0.5) is 5.69 Å². The summed E-state index contributed by atoms with van der Waals surface area (Å²) in [4.78, 5) is 16.5. The molecule has 25 heavy (non-hydrogen) atoms. The molecule has 5 heteroatoms. The third-order valence-electron chi connectivity index (χ3n) is 3.95. The molecule has 3 rings (SSSR count). The number of nitrogens with one attached hydrogen (secondary N) is 1. The fourth-order valence-corrected chi connectivity index (χ4v) is 2.52. The van der Waals surface area contributed by atoms with E-state index in [2.05, 4.69) is 34.5 Å². The molecule has 3 aromatic rings. The number of carbonyl (C=O) groups excluding carboxylic acids is 1. The Labute approximate surface area is 147 Å². The molecule has 128 valence electrons. The van der Waals surface area contributed by atoms with Crippen molar-refractivity contribution in [2.75, 3.05) is 5.32 Å². The first kappa shape index (κ1) is 16.9. The van der Waals surface area contributed by atoms with Crippen LogP contribution in [0.5, 0.6) is 0 Å². The van der Waals surface area contributed by atoms with Crippen molar-refractivity contribution >= 4 is 11.6 Å². The molecule has 0 aliphatic carbocycles. The van der Waals surface area contributed by atoms with Crippen LogP contribution in [-0.2, 0) is 6.42 Å². The standard InChI is InChI=1S/C20H21N3O2/c1-3-4-5-15-6-12-18(13-7-15)22-19(24)16-8-10-17(11-9-16)20-21-14(2)23-25-20/h6-13H,3-5H2,1-2H3,(H,22,24). The first-order valence-electron chi connectivity index (χ1n) is 8.47. The number of hydrogen-bond donors (Lipinski definition) is 1. The molecule has 0 saturated carbocycles. The van der Waals surface area contributed by atoms with Gasteiger partial charge >= 0.3 is 0 Å². The summed E-state index contributed by atoms with van der Waals surface area (Å²) < 4.78 is 5.12. The van der Waals surface area contributed by atoms with Crippen LogP contribution < -0.4 is 5.32 Å². The Kier molecular flexibility index (Phi) is 5.23. The first-order valence-corrected chi connectivity index (χ1v) is 8.47. The summed E-state index contributed by atoms with van der Waals surface area (Å²) >= 11 is 0. The molecule has 1 N–H and O–H groups in total. The van der Waals surface area contributed by atoms with E-state index in [-0.39, 0.29) is 5.91 Å². The molecule has 0 fully saturated rings. The van der Waals surface area contributed by atoms with Gasteiger partial charge in [0, 0.05) is 16.8 Å². The average molecular weight is 335 g/mol. The third kappa shape index (κ3) is 4.32. The van der Waals surface area contributed by atoms with Gasteiger partial charge in [-0.25, -0.2) is 0 Å². The highest BCUT2D eigenvalue weighted by Gasteiger charge is 2.09. The molecule has 0 bridgehead atoms. The van der Waals surface area contributed by atoms with Crippen molar-refractivity contribution in [1.29, 1.82) is 0 Å². The van der Waals surface area contributed by atoms with Crippen LogP contribution in [0.1, 0.15) is 41.5 Å². The Morgan fingerprint density at radius 2 is 1.80 bits per heavy atom. The summed E-state index contributed by atoms with van der Waals surface area (Å²) in [7, 11) is 0. The summed E-state index contributed by atoms with van der Waals surface area (Å²) in [6, 6.07) is 15.1. The van der Waals surface area contributed by atoms with E-state index in [0.29, 0.717) is 17.3 Å². The highest BCUT2D eigenvalue weighted by atomic mass is 16.5. The molecule has 1 aromatic heterocycles. The number of hydrogen-bond acceptors (Lipinski definition) is 4. The Morgan fingerprint density at radius 1 is 1.08 bits per heavy atom. The van der Waals surface area contributed by atoms with Gasteiger partial charge < -0.3 is 9.84 Å². The van der Waals surface area contributed by atoms with Crippen molar-refractivity contribution < 1.29 is 9.32 Å². The van der Waals surface area contributed by atoms with Gasteiger partial charge in [0.05, 0.1) is 0 Å². The zero-order chi connectivity index (χ0) is 17.6. The Balaban J connectivity index is 1.64. The Hall–Kier alpha value is -2.95.